The quantitative estimate of drug-likeness (QED) is 0.541. The summed E-state index contributed by atoms with van der Waals surface area (Å²) in [7, 11) is 3.61. The summed E-state index contributed by atoms with van der Waals surface area (Å²) < 4.78 is 14.7. The van der Waals surface area contributed by atoms with E-state index in [1.54, 1.807) is 31.1 Å². The number of rotatable bonds is 6. The van der Waals surface area contributed by atoms with Gasteiger partial charge in [0, 0.05) is 37.2 Å². The molecule has 1 aromatic rings. The standard InChI is InChI=1S/C19H28BrFN4O/c1-4-22-18(23-12-14-11-15(20)7-8-16(14)21)24-13-19(9-5-6-10-19)17(26)25(2)3/h7-8,11H,4-6,9-10,12-13H2,1-3H3,(H2,22,23,24). The Morgan fingerprint density at radius 1 is 1.31 bits per heavy atom. The zero-order chi connectivity index (χ0) is 19.2. The molecule has 1 fully saturated rings. The van der Waals surface area contributed by atoms with Crippen LogP contribution in [0.25, 0.3) is 0 Å². The molecule has 0 atom stereocenters. The van der Waals surface area contributed by atoms with Crippen LogP contribution >= 0.6 is 15.9 Å². The average molecular weight is 427 g/mol. The lowest BCUT2D eigenvalue weighted by atomic mass is 9.84. The number of halogens is 2. The molecule has 2 rings (SSSR count). The molecule has 0 unspecified atom stereocenters. The van der Waals surface area contributed by atoms with Crippen molar-refractivity contribution < 1.29 is 9.18 Å². The lowest BCUT2D eigenvalue weighted by Gasteiger charge is -2.31. The van der Waals surface area contributed by atoms with Crippen molar-refractivity contribution in [3.8, 4) is 0 Å². The van der Waals surface area contributed by atoms with E-state index in [4.69, 9.17) is 0 Å². The average Bonchev–Trinajstić information content (AvgIpc) is 3.09. The molecule has 1 amide bonds. The molecule has 144 valence electrons. The van der Waals surface area contributed by atoms with Gasteiger partial charge in [0.2, 0.25) is 5.91 Å². The number of benzene rings is 1. The zero-order valence-corrected chi connectivity index (χ0v) is 17.3. The second-order valence-electron chi connectivity index (χ2n) is 6.97. The molecule has 7 heteroatoms. The number of nitrogens with one attached hydrogen (secondary N) is 2. The van der Waals surface area contributed by atoms with Crippen LogP contribution in [0.4, 0.5) is 4.39 Å². The summed E-state index contributed by atoms with van der Waals surface area (Å²) in [5, 5.41) is 6.48. The Bertz CT molecular complexity index is 657. The van der Waals surface area contributed by atoms with Gasteiger partial charge in [-0.15, -0.1) is 0 Å². The first-order chi connectivity index (χ1) is 12.4. The van der Waals surface area contributed by atoms with E-state index in [0.717, 1.165) is 30.2 Å². The number of nitrogens with zero attached hydrogens (tertiary/aromatic N) is 2. The minimum Gasteiger partial charge on any atom is -0.357 e. The molecule has 1 aliphatic rings. The highest BCUT2D eigenvalue weighted by atomic mass is 79.9. The summed E-state index contributed by atoms with van der Waals surface area (Å²) in [5.74, 6) is 0.490. The van der Waals surface area contributed by atoms with Gasteiger partial charge in [-0.3, -0.25) is 4.79 Å². The highest BCUT2D eigenvalue weighted by molar-refractivity contribution is 9.10. The molecule has 2 N–H and O–H groups in total. The molecule has 0 bridgehead atoms. The maximum absolute atomic E-state index is 13.9. The predicted octanol–water partition coefficient (Wildman–Crippen LogP) is 3.29. The van der Waals surface area contributed by atoms with Crippen LogP contribution in [0.1, 0.15) is 38.2 Å². The van der Waals surface area contributed by atoms with Gasteiger partial charge in [-0.25, -0.2) is 9.38 Å². The molecule has 26 heavy (non-hydrogen) atoms. The van der Waals surface area contributed by atoms with Crippen molar-refractivity contribution >= 4 is 27.8 Å². The van der Waals surface area contributed by atoms with E-state index in [-0.39, 0.29) is 23.7 Å². The van der Waals surface area contributed by atoms with Crippen molar-refractivity contribution in [3.05, 3.63) is 34.1 Å². The fraction of sp³-hybridized carbons (Fsp3) is 0.579. The van der Waals surface area contributed by atoms with Crippen LogP contribution in [0.2, 0.25) is 0 Å². The van der Waals surface area contributed by atoms with Gasteiger partial charge in [0.05, 0.1) is 12.0 Å². The first-order valence-electron chi connectivity index (χ1n) is 9.06. The van der Waals surface area contributed by atoms with Gasteiger partial charge in [-0.05, 0) is 38.0 Å². The lowest BCUT2D eigenvalue weighted by molar-refractivity contribution is -0.138. The summed E-state index contributed by atoms with van der Waals surface area (Å²) in [6, 6.07) is 4.83. The Morgan fingerprint density at radius 2 is 2.00 bits per heavy atom. The van der Waals surface area contributed by atoms with Gasteiger partial charge in [-0.2, -0.15) is 0 Å². The zero-order valence-electron chi connectivity index (χ0n) is 15.7. The van der Waals surface area contributed by atoms with E-state index in [1.165, 1.54) is 6.07 Å². The van der Waals surface area contributed by atoms with E-state index in [1.807, 2.05) is 6.92 Å². The van der Waals surface area contributed by atoms with Crippen molar-refractivity contribution in [2.75, 3.05) is 27.2 Å². The smallest absolute Gasteiger partial charge is 0.230 e. The third kappa shape index (κ3) is 5.19. The molecule has 1 saturated carbocycles. The maximum Gasteiger partial charge on any atom is 0.230 e. The highest BCUT2D eigenvalue weighted by Gasteiger charge is 2.42. The van der Waals surface area contributed by atoms with Gasteiger partial charge < -0.3 is 15.5 Å². The van der Waals surface area contributed by atoms with E-state index < -0.39 is 0 Å². The minimum atomic E-state index is -0.374. The van der Waals surface area contributed by atoms with Crippen LogP contribution in [0, 0.1) is 11.2 Å². The molecule has 0 saturated heterocycles. The Morgan fingerprint density at radius 3 is 2.62 bits per heavy atom. The SMILES string of the molecule is CCNC(=NCc1cc(Br)ccc1F)NCC1(C(=O)N(C)C)CCCC1. The molecular formula is C19H28BrFN4O. The largest absolute Gasteiger partial charge is 0.357 e. The van der Waals surface area contributed by atoms with Gasteiger partial charge >= 0.3 is 0 Å². The van der Waals surface area contributed by atoms with Crippen LogP contribution in [-0.4, -0.2) is 44.0 Å². The first-order valence-corrected chi connectivity index (χ1v) is 9.85. The number of carbonyl (C=O) groups excluding carboxylic acids is 1. The van der Waals surface area contributed by atoms with Crippen molar-refractivity contribution in [1.82, 2.24) is 15.5 Å². The minimum absolute atomic E-state index is 0.163. The van der Waals surface area contributed by atoms with Crippen molar-refractivity contribution in [3.63, 3.8) is 0 Å². The Hall–Kier alpha value is -1.63. The van der Waals surface area contributed by atoms with Crippen LogP contribution in [0.3, 0.4) is 0 Å². The second-order valence-corrected chi connectivity index (χ2v) is 7.89. The van der Waals surface area contributed by atoms with Crippen molar-refractivity contribution in [2.24, 2.45) is 10.4 Å². The van der Waals surface area contributed by atoms with Crippen LogP contribution < -0.4 is 10.6 Å². The van der Waals surface area contributed by atoms with Crippen LogP contribution in [-0.2, 0) is 11.3 Å². The normalized spacial score (nSPS) is 16.4. The molecular weight excluding hydrogens is 399 g/mol. The molecule has 5 nitrogen and oxygen atoms in total. The highest BCUT2D eigenvalue weighted by Crippen LogP contribution is 2.38. The second kappa shape index (κ2) is 9.35. The number of aliphatic imine (C=N–C) groups is 1. The number of amides is 1. The van der Waals surface area contributed by atoms with Crippen LogP contribution in [0.5, 0.6) is 0 Å². The Kier molecular flexibility index (Phi) is 7.43. The summed E-state index contributed by atoms with van der Waals surface area (Å²) >= 11 is 3.36. The molecule has 0 aliphatic heterocycles. The Labute approximate surface area is 163 Å². The number of hydrogen-bond acceptors (Lipinski definition) is 2. The van der Waals surface area contributed by atoms with Gasteiger partial charge in [-0.1, -0.05) is 28.8 Å². The number of carbonyl (C=O) groups is 1. The number of hydrogen-bond donors (Lipinski definition) is 2. The molecule has 0 aromatic heterocycles. The molecule has 0 radical (unpaired) electrons. The van der Waals surface area contributed by atoms with E-state index in [2.05, 4.69) is 31.6 Å². The van der Waals surface area contributed by atoms with Crippen molar-refractivity contribution in [2.45, 2.75) is 39.2 Å². The van der Waals surface area contributed by atoms with E-state index >= 15 is 0 Å². The lowest BCUT2D eigenvalue weighted by Crippen LogP contribution is -2.49. The summed E-state index contributed by atoms with van der Waals surface area (Å²) in [5.41, 5.74) is 0.150. The maximum atomic E-state index is 13.9. The third-order valence-corrected chi connectivity index (χ3v) is 5.27. The number of guanidine groups is 1. The molecule has 0 spiro atoms. The third-order valence-electron chi connectivity index (χ3n) is 4.77. The fourth-order valence-electron chi connectivity index (χ4n) is 3.42. The van der Waals surface area contributed by atoms with E-state index in [9.17, 15) is 9.18 Å². The summed E-state index contributed by atoms with van der Waals surface area (Å²) in [6.07, 6.45) is 3.91. The van der Waals surface area contributed by atoms with Gasteiger partial charge in [0.1, 0.15) is 5.82 Å². The van der Waals surface area contributed by atoms with Gasteiger partial charge in [0.25, 0.3) is 0 Å². The predicted molar refractivity (Wildman–Crippen MR) is 107 cm³/mol. The monoisotopic (exact) mass is 426 g/mol. The summed E-state index contributed by atoms with van der Waals surface area (Å²) in [4.78, 5) is 18.8. The summed E-state index contributed by atoms with van der Waals surface area (Å²) in [6.45, 7) is 3.45. The molecule has 1 aromatic carbocycles. The fourth-order valence-corrected chi connectivity index (χ4v) is 3.82. The van der Waals surface area contributed by atoms with Crippen LogP contribution in [0.15, 0.2) is 27.7 Å². The van der Waals surface area contributed by atoms with Gasteiger partial charge in [0.15, 0.2) is 5.96 Å². The van der Waals surface area contributed by atoms with Crippen molar-refractivity contribution in [1.29, 1.82) is 0 Å². The van der Waals surface area contributed by atoms with E-state index in [0.29, 0.717) is 24.6 Å². The Balaban J connectivity index is 2.09. The molecule has 0 heterocycles. The molecule has 1 aliphatic carbocycles. The first kappa shape index (κ1) is 20.7. The topological polar surface area (TPSA) is 56.7 Å².